The highest BCUT2D eigenvalue weighted by Gasteiger charge is 2.07. The van der Waals surface area contributed by atoms with Crippen LogP contribution in [-0.2, 0) is 4.79 Å². The van der Waals surface area contributed by atoms with E-state index in [2.05, 4.69) is 4.98 Å². The summed E-state index contributed by atoms with van der Waals surface area (Å²) in [5.74, 6) is 0.000805. The van der Waals surface area contributed by atoms with Gasteiger partial charge in [0.05, 0.1) is 4.88 Å². The number of thiazole rings is 1. The van der Waals surface area contributed by atoms with Gasteiger partial charge in [0.15, 0.2) is 10.9 Å². The number of aromatic nitrogens is 1. The van der Waals surface area contributed by atoms with Crippen LogP contribution in [0.5, 0.6) is 0 Å². The lowest BCUT2D eigenvalue weighted by Gasteiger charge is -2.04. The maximum atomic E-state index is 10.7. The van der Waals surface area contributed by atoms with Gasteiger partial charge in [-0.15, -0.1) is 0 Å². The van der Waals surface area contributed by atoms with Crippen molar-refractivity contribution < 1.29 is 4.79 Å². The lowest BCUT2D eigenvalue weighted by molar-refractivity contribution is -0.112. The first kappa shape index (κ1) is 11.2. The van der Waals surface area contributed by atoms with Gasteiger partial charge in [-0.05, 0) is 19.1 Å². The maximum Gasteiger partial charge on any atom is 0.186 e. The van der Waals surface area contributed by atoms with E-state index in [4.69, 9.17) is 11.6 Å². The van der Waals surface area contributed by atoms with Gasteiger partial charge in [-0.2, -0.15) is 0 Å². The SMILES string of the molecule is CC(=O)/C=C\c1sc(N(C)C)nc1Cl. The van der Waals surface area contributed by atoms with Gasteiger partial charge >= 0.3 is 0 Å². The second-order valence-corrected chi connectivity index (χ2v) is 4.36. The van der Waals surface area contributed by atoms with Crippen molar-refractivity contribution in [3.63, 3.8) is 0 Å². The Labute approximate surface area is 92.0 Å². The lowest BCUT2D eigenvalue weighted by atomic mass is 10.4. The highest BCUT2D eigenvalue weighted by molar-refractivity contribution is 7.17. The Hall–Kier alpha value is -0.870. The molecule has 1 aromatic heterocycles. The number of halogens is 1. The molecule has 14 heavy (non-hydrogen) atoms. The van der Waals surface area contributed by atoms with Crippen LogP contribution in [0.4, 0.5) is 5.13 Å². The smallest absolute Gasteiger partial charge is 0.186 e. The van der Waals surface area contributed by atoms with E-state index in [-0.39, 0.29) is 5.78 Å². The molecular weight excluding hydrogens is 220 g/mol. The lowest BCUT2D eigenvalue weighted by Crippen LogP contribution is -2.07. The molecule has 0 radical (unpaired) electrons. The summed E-state index contributed by atoms with van der Waals surface area (Å²) >= 11 is 7.34. The van der Waals surface area contributed by atoms with E-state index in [1.807, 2.05) is 19.0 Å². The molecule has 0 N–H and O–H groups in total. The van der Waals surface area contributed by atoms with Crippen LogP contribution in [0.1, 0.15) is 11.8 Å². The zero-order valence-electron chi connectivity index (χ0n) is 8.24. The molecule has 1 rings (SSSR count). The Morgan fingerprint density at radius 3 is 2.64 bits per heavy atom. The number of ketones is 1. The summed E-state index contributed by atoms with van der Waals surface area (Å²) in [4.78, 5) is 17.5. The number of carbonyl (C=O) groups excluding carboxylic acids is 1. The Morgan fingerprint density at radius 2 is 2.21 bits per heavy atom. The maximum absolute atomic E-state index is 10.7. The average Bonchev–Trinajstić information content (AvgIpc) is 2.43. The van der Waals surface area contributed by atoms with Crippen molar-refractivity contribution in [2.75, 3.05) is 19.0 Å². The number of hydrogen-bond acceptors (Lipinski definition) is 4. The van der Waals surface area contributed by atoms with E-state index in [0.29, 0.717) is 5.15 Å². The normalized spacial score (nSPS) is 10.9. The predicted octanol–water partition coefficient (Wildman–Crippen LogP) is 2.46. The van der Waals surface area contributed by atoms with Crippen molar-refractivity contribution in [2.45, 2.75) is 6.92 Å². The summed E-state index contributed by atoms with van der Waals surface area (Å²) < 4.78 is 0. The van der Waals surface area contributed by atoms with E-state index in [1.54, 1.807) is 6.08 Å². The van der Waals surface area contributed by atoms with Gasteiger partial charge in [0.25, 0.3) is 0 Å². The first-order chi connectivity index (χ1) is 6.50. The Balaban J connectivity index is 2.93. The van der Waals surface area contributed by atoms with Crippen molar-refractivity contribution in [3.8, 4) is 0 Å². The third-order valence-corrected chi connectivity index (χ3v) is 3.04. The third kappa shape index (κ3) is 2.82. The van der Waals surface area contributed by atoms with Crippen LogP contribution in [0.2, 0.25) is 5.15 Å². The molecule has 76 valence electrons. The number of hydrogen-bond donors (Lipinski definition) is 0. The van der Waals surface area contributed by atoms with Gasteiger partial charge < -0.3 is 4.90 Å². The minimum Gasteiger partial charge on any atom is -0.354 e. The fourth-order valence-corrected chi connectivity index (χ4v) is 1.88. The molecule has 0 amide bonds. The van der Waals surface area contributed by atoms with E-state index in [1.165, 1.54) is 24.3 Å². The molecule has 0 spiro atoms. The molecule has 0 fully saturated rings. The van der Waals surface area contributed by atoms with E-state index < -0.39 is 0 Å². The molecule has 0 atom stereocenters. The Bertz CT molecular complexity index is 371. The van der Waals surface area contributed by atoms with Crippen molar-refractivity contribution in [1.29, 1.82) is 0 Å². The topological polar surface area (TPSA) is 33.2 Å². The Kier molecular flexibility index (Phi) is 3.66. The van der Waals surface area contributed by atoms with E-state index in [9.17, 15) is 4.79 Å². The summed E-state index contributed by atoms with van der Waals surface area (Å²) in [6, 6.07) is 0. The van der Waals surface area contributed by atoms with Crippen molar-refractivity contribution in [2.24, 2.45) is 0 Å². The molecule has 0 aliphatic heterocycles. The monoisotopic (exact) mass is 230 g/mol. The first-order valence-electron chi connectivity index (χ1n) is 4.03. The number of anilines is 1. The van der Waals surface area contributed by atoms with Crippen molar-refractivity contribution in [3.05, 3.63) is 16.1 Å². The van der Waals surface area contributed by atoms with Gasteiger partial charge in [-0.1, -0.05) is 22.9 Å². The second kappa shape index (κ2) is 4.57. The largest absolute Gasteiger partial charge is 0.354 e. The van der Waals surface area contributed by atoms with Crippen LogP contribution in [-0.4, -0.2) is 24.9 Å². The molecule has 1 aromatic rings. The molecule has 5 heteroatoms. The van der Waals surface area contributed by atoms with Crippen LogP contribution < -0.4 is 4.90 Å². The zero-order chi connectivity index (χ0) is 10.7. The van der Waals surface area contributed by atoms with Gasteiger partial charge in [-0.3, -0.25) is 4.79 Å². The molecule has 0 aliphatic rings. The number of carbonyl (C=O) groups is 1. The quantitative estimate of drug-likeness (QED) is 0.748. The molecule has 0 unspecified atom stereocenters. The Morgan fingerprint density at radius 1 is 1.57 bits per heavy atom. The van der Waals surface area contributed by atoms with Crippen molar-refractivity contribution >= 4 is 39.9 Å². The first-order valence-corrected chi connectivity index (χ1v) is 5.22. The van der Waals surface area contributed by atoms with Gasteiger partial charge in [-0.25, -0.2) is 4.98 Å². The van der Waals surface area contributed by atoms with E-state index >= 15 is 0 Å². The highest BCUT2D eigenvalue weighted by Crippen LogP contribution is 2.29. The number of rotatable bonds is 3. The molecule has 1 heterocycles. The predicted molar refractivity (Wildman–Crippen MR) is 61.2 cm³/mol. The molecular formula is C9H11ClN2OS. The van der Waals surface area contributed by atoms with Gasteiger partial charge in [0, 0.05) is 14.1 Å². The summed E-state index contributed by atoms with van der Waals surface area (Å²) in [5, 5.41) is 1.27. The fraction of sp³-hybridized carbons (Fsp3) is 0.333. The summed E-state index contributed by atoms with van der Waals surface area (Å²) in [5.41, 5.74) is 0. The molecule has 0 aromatic carbocycles. The summed E-state index contributed by atoms with van der Waals surface area (Å²) in [6.07, 6.45) is 3.17. The molecule has 3 nitrogen and oxygen atoms in total. The molecule has 0 saturated carbocycles. The number of nitrogens with zero attached hydrogens (tertiary/aromatic N) is 2. The summed E-state index contributed by atoms with van der Waals surface area (Å²) in [6.45, 7) is 1.50. The summed E-state index contributed by atoms with van der Waals surface area (Å²) in [7, 11) is 3.79. The van der Waals surface area contributed by atoms with Crippen LogP contribution in [0.25, 0.3) is 6.08 Å². The number of allylic oxidation sites excluding steroid dienone is 1. The van der Waals surface area contributed by atoms with Crippen LogP contribution in [0, 0.1) is 0 Å². The molecule has 0 aliphatic carbocycles. The fourth-order valence-electron chi connectivity index (χ4n) is 0.789. The van der Waals surface area contributed by atoms with Crippen LogP contribution >= 0.6 is 22.9 Å². The van der Waals surface area contributed by atoms with Crippen LogP contribution in [0.15, 0.2) is 6.08 Å². The second-order valence-electron chi connectivity index (χ2n) is 2.99. The average molecular weight is 231 g/mol. The minimum absolute atomic E-state index is 0.000805. The standard InChI is InChI=1S/C9H11ClN2OS/c1-6(13)4-5-7-8(10)11-9(14-7)12(2)3/h4-5H,1-3H3/b5-4-. The minimum atomic E-state index is 0.000805. The van der Waals surface area contributed by atoms with Crippen LogP contribution in [0.3, 0.4) is 0 Å². The van der Waals surface area contributed by atoms with Crippen molar-refractivity contribution in [1.82, 2.24) is 4.98 Å². The van der Waals surface area contributed by atoms with Gasteiger partial charge in [0.1, 0.15) is 5.15 Å². The highest BCUT2D eigenvalue weighted by atomic mass is 35.5. The molecule has 0 saturated heterocycles. The third-order valence-electron chi connectivity index (χ3n) is 1.45. The van der Waals surface area contributed by atoms with Gasteiger partial charge in [0.2, 0.25) is 0 Å². The molecule has 0 bridgehead atoms. The zero-order valence-corrected chi connectivity index (χ0v) is 9.82. The van der Waals surface area contributed by atoms with E-state index in [0.717, 1.165) is 10.0 Å².